The van der Waals surface area contributed by atoms with Crippen LogP contribution in [0.3, 0.4) is 0 Å². The van der Waals surface area contributed by atoms with Crippen molar-refractivity contribution in [3.8, 4) is 0 Å². The van der Waals surface area contributed by atoms with Crippen molar-refractivity contribution >= 4 is 12.6 Å². The zero-order valence-corrected chi connectivity index (χ0v) is 21.5. The number of hydrogen-bond acceptors (Lipinski definition) is 4. The maximum atomic E-state index is 12.2. The van der Waals surface area contributed by atoms with Crippen LogP contribution >= 0.6 is 0 Å². The zero-order chi connectivity index (χ0) is 26.8. The molecule has 1 atom stereocenters. The fourth-order valence-corrected chi connectivity index (χ4v) is 5.37. The third-order valence-corrected chi connectivity index (χ3v) is 7.42. The number of aliphatic hydroxyl groups is 1. The third kappa shape index (κ3) is 4.27. The average Bonchev–Trinajstić information content (AvgIpc) is 3.46. The van der Waals surface area contributed by atoms with Gasteiger partial charge in [-0.2, -0.15) is 0 Å². The van der Waals surface area contributed by atoms with Crippen molar-refractivity contribution < 1.29 is 15.2 Å². The van der Waals surface area contributed by atoms with Crippen molar-refractivity contribution in [2.45, 2.75) is 25.0 Å². The van der Waals surface area contributed by atoms with Gasteiger partial charge in [-0.3, -0.25) is 0 Å². The van der Waals surface area contributed by atoms with Crippen molar-refractivity contribution in [3.05, 3.63) is 156 Å². The van der Waals surface area contributed by atoms with E-state index in [1.54, 1.807) is 30.6 Å². The Labute approximate surface area is 223 Å². The first-order chi connectivity index (χ1) is 18.4. The smallest absolute Gasteiger partial charge is 0.423 e. The van der Waals surface area contributed by atoms with Crippen LogP contribution in [-0.2, 0) is 11.1 Å². The summed E-state index contributed by atoms with van der Waals surface area (Å²) < 4.78 is 2.08. The quantitative estimate of drug-likeness (QED) is 0.219. The molecule has 38 heavy (non-hydrogen) atoms. The van der Waals surface area contributed by atoms with E-state index < -0.39 is 18.3 Å². The maximum absolute atomic E-state index is 12.2. The van der Waals surface area contributed by atoms with Gasteiger partial charge in [-0.25, -0.2) is 4.98 Å². The first-order valence-corrected chi connectivity index (χ1v) is 12.8. The van der Waals surface area contributed by atoms with E-state index in [2.05, 4.69) is 41.0 Å². The summed E-state index contributed by atoms with van der Waals surface area (Å²) in [5, 5.41) is 31.2. The predicted octanol–water partition coefficient (Wildman–Crippen LogP) is 4.30. The molecule has 6 heteroatoms. The summed E-state index contributed by atoms with van der Waals surface area (Å²) in [5.41, 5.74) is 2.56. The lowest BCUT2D eigenvalue weighted by atomic mass is 9.75. The molecule has 0 aliphatic carbocycles. The summed E-state index contributed by atoms with van der Waals surface area (Å²) in [6, 6.07) is 37.6. The van der Waals surface area contributed by atoms with Crippen LogP contribution in [0, 0.1) is 5.92 Å². The molecule has 1 unspecified atom stereocenters. The molecule has 0 saturated heterocycles. The summed E-state index contributed by atoms with van der Waals surface area (Å²) >= 11 is 0. The third-order valence-electron chi connectivity index (χ3n) is 7.42. The van der Waals surface area contributed by atoms with E-state index in [-0.39, 0.29) is 5.92 Å². The van der Waals surface area contributed by atoms with Crippen molar-refractivity contribution in [2.75, 3.05) is 0 Å². The standard InChI is InChI=1S/C32H31BN2O3/c1-24(2)32(36,28-18-20-29(21-19-28)33(37)38)30-22-35(23-34-30)31(25-12-6-3-7-13-25,26-14-8-4-9-15-26)27-16-10-5-11-17-27/h3-24,36-38H,1-2H3. The highest BCUT2D eigenvalue weighted by Gasteiger charge is 2.42. The summed E-state index contributed by atoms with van der Waals surface area (Å²) in [6.45, 7) is 3.90. The van der Waals surface area contributed by atoms with Crippen LogP contribution in [0.25, 0.3) is 0 Å². The van der Waals surface area contributed by atoms with Gasteiger partial charge in [-0.1, -0.05) is 129 Å². The molecule has 5 aromatic rings. The van der Waals surface area contributed by atoms with Gasteiger partial charge in [0.2, 0.25) is 0 Å². The highest BCUT2D eigenvalue weighted by Crippen LogP contribution is 2.43. The van der Waals surface area contributed by atoms with Crippen LogP contribution in [0.15, 0.2) is 128 Å². The molecule has 0 fully saturated rings. The van der Waals surface area contributed by atoms with Crippen LogP contribution in [0.4, 0.5) is 0 Å². The van der Waals surface area contributed by atoms with E-state index in [0.29, 0.717) is 16.7 Å². The molecule has 0 spiro atoms. The number of aromatic nitrogens is 2. The lowest BCUT2D eigenvalue weighted by Gasteiger charge is -2.37. The molecule has 3 N–H and O–H groups in total. The second kappa shape index (κ2) is 10.4. The molecule has 5 nitrogen and oxygen atoms in total. The van der Waals surface area contributed by atoms with Crippen molar-refractivity contribution in [1.29, 1.82) is 0 Å². The number of rotatable bonds is 8. The van der Waals surface area contributed by atoms with Gasteiger partial charge in [-0.05, 0) is 33.6 Å². The van der Waals surface area contributed by atoms with E-state index in [9.17, 15) is 15.2 Å². The summed E-state index contributed by atoms with van der Waals surface area (Å²) in [4.78, 5) is 4.80. The van der Waals surface area contributed by atoms with Crippen LogP contribution in [-0.4, -0.2) is 31.8 Å². The minimum absolute atomic E-state index is 0.213. The zero-order valence-electron chi connectivity index (χ0n) is 21.5. The number of hydrogen-bond donors (Lipinski definition) is 3. The highest BCUT2D eigenvalue weighted by molar-refractivity contribution is 6.58. The van der Waals surface area contributed by atoms with Crippen molar-refractivity contribution in [3.63, 3.8) is 0 Å². The van der Waals surface area contributed by atoms with Gasteiger partial charge in [0.1, 0.15) is 11.1 Å². The SMILES string of the molecule is CC(C)C(O)(c1ccc(B(O)O)cc1)c1cn(C(c2ccccc2)(c2ccccc2)c2ccccc2)cn1. The largest absolute Gasteiger partial charge is 0.488 e. The molecule has 0 aliphatic rings. The first-order valence-electron chi connectivity index (χ1n) is 12.8. The highest BCUT2D eigenvalue weighted by atomic mass is 16.4. The van der Waals surface area contributed by atoms with E-state index in [1.807, 2.05) is 74.6 Å². The molecule has 0 bridgehead atoms. The summed E-state index contributed by atoms with van der Waals surface area (Å²) in [6.07, 6.45) is 3.73. The van der Waals surface area contributed by atoms with Crippen molar-refractivity contribution in [2.24, 2.45) is 5.92 Å². The Balaban J connectivity index is 1.75. The molecule has 1 heterocycles. The molecule has 0 aliphatic heterocycles. The fraction of sp³-hybridized carbons (Fsp3) is 0.156. The second-order valence-corrected chi connectivity index (χ2v) is 9.89. The molecule has 0 saturated carbocycles. The van der Waals surface area contributed by atoms with E-state index in [1.165, 1.54) is 0 Å². The van der Waals surface area contributed by atoms with Gasteiger partial charge in [0, 0.05) is 6.20 Å². The molecular formula is C32H31BN2O3. The van der Waals surface area contributed by atoms with Crippen LogP contribution in [0.1, 0.15) is 41.8 Å². The minimum atomic E-state index is -1.57. The summed E-state index contributed by atoms with van der Waals surface area (Å²) in [5.74, 6) is -0.213. The Morgan fingerprint density at radius 1 is 0.658 bits per heavy atom. The lowest BCUT2D eigenvalue weighted by Crippen LogP contribution is -2.38. The van der Waals surface area contributed by atoms with E-state index in [0.717, 1.165) is 16.7 Å². The van der Waals surface area contributed by atoms with Gasteiger partial charge < -0.3 is 19.7 Å². The van der Waals surface area contributed by atoms with Gasteiger partial charge in [0.05, 0.1) is 12.0 Å². The van der Waals surface area contributed by atoms with Crippen LogP contribution in [0.5, 0.6) is 0 Å². The molecule has 1 aromatic heterocycles. The lowest BCUT2D eigenvalue weighted by molar-refractivity contribution is 0.0278. The average molecular weight is 502 g/mol. The monoisotopic (exact) mass is 502 g/mol. The number of nitrogens with zero attached hydrogens (tertiary/aromatic N) is 2. The van der Waals surface area contributed by atoms with Crippen LogP contribution in [0.2, 0.25) is 0 Å². The molecule has 0 radical (unpaired) electrons. The Hall–Kier alpha value is -3.97. The van der Waals surface area contributed by atoms with Crippen LogP contribution < -0.4 is 5.46 Å². The van der Waals surface area contributed by atoms with Gasteiger partial charge in [0.25, 0.3) is 0 Å². The van der Waals surface area contributed by atoms with Gasteiger partial charge >= 0.3 is 7.12 Å². The Morgan fingerprint density at radius 2 is 1.11 bits per heavy atom. The van der Waals surface area contributed by atoms with Gasteiger partial charge in [-0.15, -0.1) is 0 Å². The predicted molar refractivity (Wildman–Crippen MR) is 151 cm³/mol. The van der Waals surface area contributed by atoms with E-state index in [4.69, 9.17) is 4.98 Å². The molecule has 190 valence electrons. The second-order valence-electron chi connectivity index (χ2n) is 9.89. The van der Waals surface area contributed by atoms with Gasteiger partial charge in [0.15, 0.2) is 0 Å². The summed E-state index contributed by atoms with van der Waals surface area (Å²) in [7, 11) is -1.57. The molecular weight excluding hydrogens is 471 g/mol. The topological polar surface area (TPSA) is 78.5 Å². The Morgan fingerprint density at radius 3 is 1.50 bits per heavy atom. The minimum Gasteiger partial charge on any atom is -0.423 e. The Kier molecular flexibility index (Phi) is 7.04. The number of imidazole rings is 1. The van der Waals surface area contributed by atoms with E-state index >= 15 is 0 Å². The number of benzene rings is 4. The normalized spacial score (nSPS) is 13.3. The Bertz CT molecular complexity index is 1370. The van der Waals surface area contributed by atoms with Crippen molar-refractivity contribution in [1.82, 2.24) is 9.55 Å². The molecule has 5 rings (SSSR count). The fourth-order valence-electron chi connectivity index (χ4n) is 5.37. The molecule has 0 amide bonds. The first kappa shape index (κ1) is 25.7. The molecule has 4 aromatic carbocycles. The maximum Gasteiger partial charge on any atom is 0.488 e.